The average molecular weight is 354 g/mol. The van der Waals surface area contributed by atoms with Crippen LogP contribution in [0.4, 0.5) is 5.00 Å². The zero-order chi connectivity index (χ0) is 18.2. The molecule has 0 saturated carbocycles. The summed E-state index contributed by atoms with van der Waals surface area (Å²) in [6, 6.07) is 7.95. The van der Waals surface area contributed by atoms with Crippen LogP contribution in [0.2, 0.25) is 0 Å². The Morgan fingerprint density at radius 1 is 1.36 bits per heavy atom. The molecule has 25 heavy (non-hydrogen) atoms. The number of rotatable bonds is 2. The van der Waals surface area contributed by atoms with E-state index in [4.69, 9.17) is 0 Å². The van der Waals surface area contributed by atoms with E-state index in [1.54, 1.807) is 23.6 Å². The summed E-state index contributed by atoms with van der Waals surface area (Å²) in [4.78, 5) is 7.29. The van der Waals surface area contributed by atoms with Gasteiger partial charge in [-0.2, -0.15) is 5.26 Å². The first-order valence-corrected chi connectivity index (χ1v) is 9.34. The van der Waals surface area contributed by atoms with Crippen LogP contribution in [-0.4, -0.2) is 24.9 Å². The topological polar surface area (TPSA) is 60.8 Å². The molecule has 0 fully saturated rings. The van der Waals surface area contributed by atoms with Gasteiger partial charge in [-0.15, -0.1) is 11.3 Å². The third-order valence-electron chi connectivity index (χ3n) is 4.66. The van der Waals surface area contributed by atoms with Gasteiger partial charge in [0.15, 0.2) is 0 Å². The van der Waals surface area contributed by atoms with E-state index in [1.807, 2.05) is 12.1 Å². The Bertz CT molecular complexity index is 868. The molecule has 2 aromatic rings. The van der Waals surface area contributed by atoms with Gasteiger partial charge in [0.05, 0.1) is 24.0 Å². The lowest BCUT2D eigenvalue weighted by atomic mass is 9.86. The highest BCUT2D eigenvalue weighted by Crippen LogP contribution is 2.36. The van der Waals surface area contributed by atoms with Gasteiger partial charge in [0, 0.05) is 18.2 Å². The lowest BCUT2D eigenvalue weighted by molar-refractivity contribution is -0.895. The molecule has 0 saturated heterocycles. The van der Waals surface area contributed by atoms with E-state index in [0.29, 0.717) is 11.1 Å². The summed E-state index contributed by atoms with van der Waals surface area (Å²) >= 11 is 1.60. The van der Waals surface area contributed by atoms with Crippen LogP contribution in [0.1, 0.15) is 47.9 Å². The molecule has 4 nitrogen and oxygen atoms in total. The molecule has 3 rings (SSSR count). The second kappa shape index (κ2) is 6.62. The predicted molar refractivity (Wildman–Crippen MR) is 102 cm³/mol. The summed E-state index contributed by atoms with van der Waals surface area (Å²) in [7, 11) is 2.17. The maximum atomic E-state index is 10.1. The molecule has 2 heterocycles. The van der Waals surface area contributed by atoms with Crippen molar-refractivity contribution in [1.82, 2.24) is 0 Å². The smallest absolute Gasteiger partial charge is 0.134 e. The third-order valence-corrected chi connectivity index (χ3v) is 5.80. The lowest BCUT2D eigenvalue weighted by Crippen LogP contribution is -3.08. The number of likely N-dealkylation sites (N-methyl/N-ethyl adjacent to an activating group) is 1. The average Bonchev–Trinajstić information content (AvgIpc) is 2.89. The standard InChI is InChI=1S/C20H23N3OS/c1-20(2,3)14-5-6-17(24)13(9-14)11-22-19-16(10-21)15-7-8-23(4)12-18(15)25-19/h5-6,9,11,24H,7-8,12H2,1-4H3/p+1/b22-11+. The summed E-state index contributed by atoms with van der Waals surface area (Å²) in [5, 5.41) is 20.5. The van der Waals surface area contributed by atoms with Crippen molar-refractivity contribution in [2.24, 2.45) is 4.99 Å². The summed E-state index contributed by atoms with van der Waals surface area (Å²) in [5.74, 6) is 0.209. The van der Waals surface area contributed by atoms with Crippen molar-refractivity contribution in [3.63, 3.8) is 0 Å². The Hall–Kier alpha value is -2.16. The summed E-state index contributed by atoms with van der Waals surface area (Å²) < 4.78 is 0. The van der Waals surface area contributed by atoms with Crippen molar-refractivity contribution >= 4 is 22.6 Å². The number of aliphatic imine (C=N–C) groups is 1. The third kappa shape index (κ3) is 3.60. The number of nitrogens with one attached hydrogen (secondary N) is 1. The Labute approximate surface area is 153 Å². The minimum absolute atomic E-state index is 0.00346. The van der Waals surface area contributed by atoms with Gasteiger partial charge in [-0.1, -0.05) is 26.8 Å². The largest absolute Gasteiger partial charge is 0.507 e. The molecule has 0 aliphatic carbocycles. The van der Waals surface area contributed by atoms with Crippen LogP contribution in [0.3, 0.4) is 0 Å². The van der Waals surface area contributed by atoms with Gasteiger partial charge in [0.25, 0.3) is 0 Å². The molecule has 130 valence electrons. The number of fused-ring (bicyclic) bond motifs is 1. The number of aromatic hydroxyl groups is 1. The zero-order valence-electron chi connectivity index (χ0n) is 15.2. The highest BCUT2D eigenvalue weighted by atomic mass is 32.1. The van der Waals surface area contributed by atoms with Crippen LogP contribution >= 0.6 is 11.3 Å². The van der Waals surface area contributed by atoms with Crippen molar-refractivity contribution in [1.29, 1.82) is 5.26 Å². The van der Waals surface area contributed by atoms with Crippen LogP contribution in [0.25, 0.3) is 0 Å². The van der Waals surface area contributed by atoms with Gasteiger partial charge >= 0.3 is 0 Å². The van der Waals surface area contributed by atoms with Gasteiger partial charge in [-0.05, 0) is 28.7 Å². The van der Waals surface area contributed by atoms with Crippen LogP contribution in [-0.2, 0) is 18.4 Å². The summed E-state index contributed by atoms with van der Waals surface area (Å²) in [6.45, 7) is 8.42. The molecule has 0 radical (unpaired) electrons. The molecular weight excluding hydrogens is 330 g/mol. The summed E-state index contributed by atoms with van der Waals surface area (Å²) in [6.07, 6.45) is 2.61. The van der Waals surface area contributed by atoms with E-state index >= 15 is 0 Å². The lowest BCUT2D eigenvalue weighted by Gasteiger charge is -2.19. The molecule has 1 aromatic heterocycles. The predicted octanol–water partition coefficient (Wildman–Crippen LogP) is 2.94. The Morgan fingerprint density at radius 2 is 2.12 bits per heavy atom. The molecule has 0 spiro atoms. The summed E-state index contributed by atoms with van der Waals surface area (Å²) in [5.41, 5.74) is 3.70. The van der Waals surface area contributed by atoms with Gasteiger partial charge in [0.1, 0.15) is 23.4 Å². The number of nitriles is 1. The normalized spacial score (nSPS) is 17.5. The molecule has 1 unspecified atom stereocenters. The number of quaternary nitrogens is 1. The van der Waals surface area contributed by atoms with E-state index in [2.05, 4.69) is 38.9 Å². The van der Waals surface area contributed by atoms with Crippen LogP contribution in [0, 0.1) is 11.3 Å². The van der Waals surface area contributed by atoms with E-state index < -0.39 is 0 Å². The van der Waals surface area contributed by atoms with Crippen LogP contribution in [0.15, 0.2) is 23.2 Å². The maximum Gasteiger partial charge on any atom is 0.134 e. The number of hydrogen-bond donors (Lipinski definition) is 2. The van der Waals surface area contributed by atoms with E-state index in [0.717, 1.165) is 35.6 Å². The quantitative estimate of drug-likeness (QED) is 0.815. The molecule has 0 amide bonds. The first-order valence-electron chi connectivity index (χ1n) is 8.53. The van der Waals surface area contributed by atoms with Crippen molar-refractivity contribution in [3.05, 3.63) is 45.3 Å². The Kier molecular flexibility index (Phi) is 4.68. The second-order valence-electron chi connectivity index (χ2n) is 7.71. The van der Waals surface area contributed by atoms with Crippen molar-refractivity contribution < 1.29 is 10.0 Å². The first-order chi connectivity index (χ1) is 11.8. The molecule has 5 heteroatoms. The van der Waals surface area contributed by atoms with Crippen LogP contribution in [0.5, 0.6) is 5.75 Å². The fourth-order valence-corrected chi connectivity index (χ4v) is 4.32. The zero-order valence-corrected chi connectivity index (χ0v) is 16.0. The monoisotopic (exact) mass is 354 g/mol. The fraction of sp³-hybridized carbons (Fsp3) is 0.400. The van der Waals surface area contributed by atoms with E-state index in [1.165, 1.54) is 9.78 Å². The number of nitrogens with zero attached hydrogens (tertiary/aromatic N) is 2. The number of hydrogen-bond acceptors (Lipinski definition) is 4. The number of phenolic OH excluding ortho intramolecular Hbond substituents is 1. The fourth-order valence-electron chi connectivity index (χ4n) is 3.06. The van der Waals surface area contributed by atoms with Crippen molar-refractivity contribution in [2.75, 3.05) is 13.6 Å². The SMILES string of the molecule is C[NH+]1CCc2c(sc(/N=C/c3cc(C(C)(C)C)ccc3O)c2C#N)C1. The molecule has 1 aliphatic rings. The molecule has 1 aliphatic heterocycles. The Balaban J connectivity index is 1.97. The van der Waals surface area contributed by atoms with E-state index in [9.17, 15) is 10.4 Å². The van der Waals surface area contributed by atoms with Crippen molar-refractivity contribution in [3.8, 4) is 11.8 Å². The molecule has 1 aromatic carbocycles. The number of benzene rings is 1. The number of thiophene rings is 1. The van der Waals surface area contributed by atoms with Gasteiger partial charge in [-0.25, -0.2) is 4.99 Å². The van der Waals surface area contributed by atoms with Crippen molar-refractivity contribution in [2.45, 2.75) is 39.2 Å². The minimum atomic E-state index is 0.00346. The molecule has 0 bridgehead atoms. The first kappa shape index (κ1) is 17.7. The molecular formula is C20H24N3OS+. The molecule has 2 N–H and O–H groups in total. The van der Waals surface area contributed by atoms with E-state index in [-0.39, 0.29) is 11.2 Å². The second-order valence-corrected chi connectivity index (χ2v) is 8.80. The minimum Gasteiger partial charge on any atom is -0.507 e. The number of phenols is 1. The highest BCUT2D eigenvalue weighted by Gasteiger charge is 2.24. The maximum absolute atomic E-state index is 10.1. The molecule has 1 atom stereocenters. The Morgan fingerprint density at radius 3 is 2.80 bits per heavy atom. The van der Waals surface area contributed by atoms with Gasteiger partial charge in [0.2, 0.25) is 0 Å². The highest BCUT2D eigenvalue weighted by molar-refractivity contribution is 7.16. The van der Waals surface area contributed by atoms with Gasteiger partial charge < -0.3 is 10.0 Å². The van der Waals surface area contributed by atoms with Gasteiger partial charge in [-0.3, -0.25) is 0 Å². The van der Waals surface area contributed by atoms with Crippen LogP contribution < -0.4 is 4.90 Å².